The van der Waals surface area contributed by atoms with Crippen LogP contribution < -0.4 is 5.32 Å². The molecule has 2 aromatic rings. The summed E-state index contributed by atoms with van der Waals surface area (Å²) in [5.41, 5.74) is -0.606. The van der Waals surface area contributed by atoms with Crippen molar-refractivity contribution in [2.24, 2.45) is 0 Å². The van der Waals surface area contributed by atoms with E-state index in [-0.39, 0.29) is 20.7 Å². The van der Waals surface area contributed by atoms with Gasteiger partial charge in [0.1, 0.15) is 16.1 Å². The topological polar surface area (TPSA) is 69.6 Å². The number of hydrogen-bond donors (Lipinski definition) is 2. The maximum Gasteiger partial charge on any atom is 0.416 e. The van der Waals surface area contributed by atoms with Crippen LogP contribution in [0.4, 0.5) is 18.9 Å². The van der Waals surface area contributed by atoms with Crippen molar-refractivity contribution in [1.29, 1.82) is 0 Å². The average molecular weight is 610 g/mol. The number of anilines is 1. The molecular weight excluding hydrogens is 597 g/mol. The lowest BCUT2D eigenvalue weighted by atomic mass is 10.1. The highest BCUT2D eigenvalue weighted by atomic mass is 79.9. The number of carbonyl (C=O) groups is 2. The van der Waals surface area contributed by atoms with Crippen LogP contribution in [0.3, 0.4) is 0 Å². The minimum Gasteiger partial charge on any atom is -0.506 e. The third-order valence-electron chi connectivity index (χ3n) is 4.39. The molecular formula is C20H13Br2F3N2O3S2. The van der Waals surface area contributed by atoms with E-state index in [4.69, 9.17) is 12.2 Å². The second-order valence-electron chi connectivity index (χ2n) is 6.62. The van der Waals surface area contributed by atoms with Gasteiger partial charge in [-0.2, -0.15) is 13.2 Å². The van der Waals surface area contributed by atoms with Crippen LogP contribution in [0, 0.1) is 0 Å². The molecule has 32 heavy (non-hydrogen) atoms. The zero-order valence-corrected chi connectivity index (χ0v) is 20.8. The highest BCUT2D eigenvalue weighted by Crippen LogP contribution is 2.38. The van der Waals surface area contributed by atoms with E-state index in [0.717, 1.165) is 28.8 Å². The van der Waals surface area contributed by atoms with Gasteiger partial charge >= 0.3 is 6.18 Å². The van der Waals surface area contributed by atoms with Crippen LogP contribution in [0.5, 0.6) is 5.75 Å². The molecule has 0 radical (unpaired) electrons. The number of nitrogens with zero attached hydrogens (tertiary/aromatic N) is 1. The van der Waals surface area contributed by atoms with E-state index < -0.39 is 29.6 Å². The first kappa shape index (κ1) is 24.7. The van der Waals surface area contributed by atoms with Crippen LogP contribution in [0.25, 0.3) is 6.08 Å². The minimum atomic E-state index is -4.55. The Labute approximate surface area is 207 Å². The van der Waals surface area contributed by atoms with Crippen molar-refractivity contribution in [2.75, 3.05) is 5.32 Å². The molecule has 5 nitrogen and oxygen atoms in total. The van der Waals surface area contributed by atoms with E-state index in [1.807, 2.05) is 0 Å². The van der Waals surface area contributed by atoms with E-state index in [1.54, 1.807) is 12.1 Å². The van der Waals surface area contributed by atoms with Gasteiger partial charge in [0, 0.05) is 15.7 Å². The molecule has 1 heterocycles. The fraction of sp³-hybridized carbons (Fsp3) is 0.150. The summed E-state index contributed by atoms with van der Waals surface area (Å²) in [5, 5.41) is 12.6. The summed E-state index contributed by atoms with van der Waals surface area (Å²) in [6.45, 7) is 1.42. The second-order valence-corrected chi connectivity index (χ2v) is 10.1. The van der Waals surface area contributed by atoms with Crippen LogP contribution >= 0.6 is 55.8 Å². The number of carbonyl (C=O) groups excluding carboxylic acids is 2. The molecule has 1 atom stereocenters. The van der Waals surface area contributed by atoms with Crippen molar-refractivity contribution in [1.82, 2.24) is 4.90 Å². The van der Waals surface area contributed by atoms with Crippen molar-refractivity contribution >= 4 is 83.7 Å². The molecule has 0 bridgehead atoms. The summed E-state index contributed by atoms with van der Waals surface area (Å²) < 4.78 is 39.9. The van der Waals surface area contributed by atoms with Gasteiger partial charge < -0.3 is 10.4 Å². The number of hydrogen-bond acceptors (Lipinski definition) is 5. The standard InChI is InChI=1S/C20H13Br2F3N2O3S2/c1-9(17(29)26-13-4-2-3-11(7-13)20(23,24)25)27-18(30)15(32-19(27)31)6-10-5-12(21)8-14(22)16(10)28/h2-9,28H,1H3,(H,26,29)/b15-6-. The molecule has 2 amide bonds. The summed E-state index contributed by atoms with van der Waals surface area (Å²) in [6, 6.07) is 6.36. The Morgan fingerprint density at radius 2 is 1.97 bits per heavy atom. The number of phenols is 1. The Hall–Kier alpha value is -1.89. The zero-order chi connectivity index (χ0) is 23.8. The molecule has 3 rings (SSSR count). The van der Waals surface area contributed by atoms with Gasteiger partial charge in [-0.3, -0.25) is 14.5 Å². The first-order valence-electron chi connectivity index (χ1n) is 8.81. The van der Waals surface area contributed by atoms with Gasteiger partial charge in [0.15, 0.2) is 0 Å². The normalized spacial score (nSPS) is 16.6. The first-order chi connectivity index (χ1) is 14.9. The lowest BCUT2D eigenvalue weighted by Crippen LogP contribution is -2.44. The van der Waals surface area contributed by atoms with E-state index in [2.05, 4.69) is 37.2 Å². The number of alkyl halides is 3. The highest BCUT2D eigenvalue weighted by molar-refractivity contribution is 9.11. The summed E-state index contributed by atoms with van der Waals surface area (Å²) in [5.74, 6) is -1.33. The number of nitrogens with one attached hydrogen (secondary N) is 1. The molecule has 0 spiro atoms. The summed E-state index contributed by atoms with van der Waals surface area (Å²) in [7, 11) is 0. The Bertz CT molecular complexity index is 1160. The largest absolute Gasteiger partial charge is 0.506 e. The molecule has 1 aliphatic heterocycles. The van der Waals surface area contributed by atoms with E-state index in [0.29, 0.717) is 14.5 Å². The Balaban J connectivity index is 1.81. The van der Waals surface area contributed by atoms with Crippen molar-refractivity contribution in [3.05, 3.63) is 61.4 Å². The van der Waals surface area contributed by atoms with Gasteiger partial charge in [-0.1, -0.05) is 46.0 Å². The summed E-state index contributed by atoms with van der Waals surface area (Å²) >= 11 is 12.7. The third kappa shape index (κ3) is 5.36. The monoisotopic (exact) mass is 608 g/mol. The van der Waals surface area contributed by atoms with E-state index in [1.165, 1.54) is 25.1 Å². The SMILES string of the molecule is CC(C(=O)Nc1cccc(C(F)(F)F)c1)N1C(=O)/C(=C/c2cc(Br)cc(Br)c2O)SC1=S. The number of benzene rings is 2. The Morgan fingerprint density at radius 1 is 1.28 bits per heavy atom. The lowest BCUT2D eigenvalue weighted by molar-refractivity contribution is -0.137. The number of phenolic OH excluding ortho intramolecular Hbond substituents is 1. The number of thioether (sulfide) groups is 1. The Kier molecular flexibility index (Phi) is 7.38. The predicted molar refractivity (Wildman–Crippen MR) is 128 cm³/mol. The van der Waals surface area contributed by atoms with Crippen molar-refractivity contribution in [3.8, 4) is 5.75 Å². The number of aromatic hydroxyl groups is 1. The fourth-order valence-corrected chi connectivity index (χ4v) is 5.46. The van der Waals surface area contributed by atoms with E-state index >= 15 is 0 Å². The molecule has 0 saturated carbocycles. The molecule has 1 aliphatic rings. The van der Waals surface area contributed by atoms with Crippen LogP contribution in [0.2, 0.25) is 0 Å². The van der Waals surface area contributed by atoms with Crippen LogP contribution in [0.1, 0.15) is 18.1 Å². The number of thiocarbonyl (C=S) groups is 1. The Morgan fingerprint density at radius 3 is 2.62 bits per heavy atom. The molecule has 2 N–H and O–H groups in total. The molecule has 12 heteroatoms. The van der Waals surface area contributed by atoms with Crippen molar-refractivity contribution in [2.45, 2.75) is 19.1 Å². The molecule has 0 aliphatic carbocycles. The third-order valence-corrected chi connectivity index (χ3v) is 6.78. The van der Waals surface area contributed by atoms with Crippen LogP contribution in [0.15, 0.2) is 50.2 Å². The van der Waals surface area contributed by atoms with Gasteiger partial charge in [0.05, 0.1) is 14.9 Å². The highest BCUT2D eigenvalue weighted by Gasteiger charge is 2.38. The van der Waals surface area contributed by atoms with Gasteiger partial charge in [-0.05, 0) is 59.3 Å². The van der Waals surface area contributed by atoms with Crippen LogP contribution in [-0.4, -0.2) is 32.2 Å². The smallest absolute Gasteiger partial charge is 0.416 e. The van der Waals surface area contributed by atoms with Gasteiger partial charge in [0.25, 0.3) is 5.91 Å². The average Bonchev–Trinajstić information content (AvgIpc) is 2.97. The maximum atomic E-state index is 12.9. The van der Waals surface area contributed by atoms with Gasteiger partial charge in [-0.25, -0.2) is 0 Å². The molecule has 1 unspecified atom stereocenters. The minimum absolute atomic E-state index is 0.0541. The number of halogens is 5. The van der Waals surface area contributed by atoms with Crippen molar-refractivity contribution in [3.63, 3.8) is 0 Å². The summed E-state index contributed by atoms with van der Waals surface area (Å²) in [6.07, 6.45) is -3.11. The van der Waals surface area contributed by atoms with Crippen molar-refractivity contribution < 1.29 is 27.9 Å². The lowest BCUT2D eigenvalue weighted by Gasteiger charge is -2.22. The molecule has 0 aromatic heterocycles. The van der Waals surface area contributed by atoms with Crippen LogP contribution in [-0.2, 0) is 15.8 Å². The molecule has 1 saturated heterocycles. The second kappa shape index (κ2) is 9.54. The maximum absolute atomic E-state index is 12.9. The van der Waals surface area contributed by atoms with Gasteiger partial charge in [0.2, 0.25) is 5.91 Å². The summed E-state index contributed by atoms with van der Waals surface area (Å²) in [4.78, 5) is 26.8. The molecule has 1 fully saturated rings. The fourth-order valence-electron chi connectivity index (χ4n) is 2.79. The first-order valence-corrected chi connectivity index (χ1v) is 11.6. The van der Waals surface area contributed by atoms with Gasteiger partial charge in [-0.15, -0.1) is 0 Å². The molecule has 2 aromatic carbocycles. The van der Waals surface area contributed by atoms with E-state index in [9.17, 15) is 27.9 Å². The number of amides is 2. The predicted octanol–water partition coefficient (Wildman–Crippen LogP) is 6.16. The zero-order valence-electron chi connectivity index (χ0n) is 16.0. The number of rotatable bonds is 4. The quantitative estimate of drug-likeness (QED) is 0.321. The molecule has 168 valence electrons.